The number of para-hydroxylation sites is 2. The third-order valence-corrected chi connectivity index (χ3v) is 4.71. The van der Waals surface area contributed by atoms with Crippen LogP contribution < -0.4 is 10.0 Å². The summed E-state index contributed by atoms with van der Waals surface area (Å²) in [6, 6.07) is 18.2. The highest BCUT2D eigenvalue weighted by Gasteiger charge is 2.47. The Morgan fingerprint density at radius 2 is 1.22 bits per heavy atom. The highest BCUT2D eigenvalue weighted by atomic mass is 16.2. The van der Waals surface area contributed by atoms with Gasteiger partial charge in [-0.15, -0.1) is 0 Å². The Balaban J connectivity index is 1.93. The Morgan fingerprint density at radius 1 is 0.815 bits per heavy atom. The maximum Gasteiger partial charge on any atom is 0.258 e. The van der Waals surface area contributed by atoms with Crippen LogP contribution in [0.4, 0.5) is 11.4 Å². The van der Waals surface area contributed by atoms with Crippen molar-refractivity contribution in [2.75, 3.05) is 10.0 Å². The molecule has 0 N–H and O–H groups in total. The molecule has 140 valence electrons. The van der Waals surface area contributed by atoms with Crippen LogP contribution >= 0.6 is 0 Å². The topological polar surface area (TPSA) is 57.7 Å². The molecule has 5 nitrogen and oxygen atoms in total. The number of benzene rings is 2. The number of anilines is 2. The normalized spacial score (nSPS) is 15.5. The molecule has 0 aliphatic carbocycles. The number of rotatable bonds is 5. The van der Waals surface area contributed by atoms with Crippen LogP contribution in [-0.2, 0) is 14.4 Å². The molecule has 1 saturated heterocycles. The molecule has 0 saturated carbocycles. The molecule has 27 heavy (non-hydrogen) atoms. The number of ketones is 1. The largest absolute Gasteiger partial charge is 0.299 e. The molecule has 2 aromatic rings. The summed E-state index contributed by atoms with van der Waals surface area (Å²) in [5.41, 5.74) is 0.775. The van der Waals surface area contributed by atoms with Gasteiger partial charge < -0.3 is 0 Å². The molecule has 1 aliphatic heterocycles. The van der Waals surface area contributed by atoms with Gasteiger partial charge in [-0.2, -0.15) is 0 Å². The Bertz CT molecular complexity index is 783. The van der Waals surface area contributed by atoms with E-state index in [2.05, 4.69) is 0 Å². The first-order chi connectivity index (χ1) is 12.8. The second kappa shape index (κ2) is 7.35. The number of Topliss-reactive ketones (excluding diaryl/α,β-unsaturated/α-hetero) is 1. The van der Waals surface area contributed by atoms with Crippen LogP contribution in [-0.4, -0.2) is 17.6 Å². The van der Waals surface area contributed by atoms with Crippen LogP contribution in [0.2, 0.25) is 0 Å². The number of amides is 2. The molecule has 3 rings (SSSR count). The molecule has 0 bridgehead atoms. The van der Waals surface area contributed by atoms with Gasteiger partial charge in [0.25, 0.3) is 11.8 Å². The molecule has 1 aliphatic rings. The Kier molecular flexibility index (Phi) is 5.13. The number of hydrogen-bond donors (Lipinski definition) is 0. The number of nitrogens with zero attached hydrogens (tertiary/aromatic N) is 2. The lowest BCUT2D eigenvalue weighted by Gasteiger charge is -2.27. The summed E-state index contributed by atoms with van der Waals surface area (Å²) < 4.78 is 0. The SMILES string of the molecule is CC(C)(C)C(=O)CCC1C(=O)N(c2ccccc2)N(c2ccccc2)C1=O. The maximum absolute atomic E-state index is 13.1. The van der Waals surface area contributed by atoms with Crippen molar-refractivity contribution in [3.63, 3.8) is 0 Å². The summed E-state index contributed by atoms with van der Waals surface area (Å²) in [5, 5.41) is 2.84. The number of carbonyl (C=O) groups excluding carboxylic acids is 3. The van der Waals surface area contributed by atoms with Crippen LogP contribution in [0.5, 0.6) is 0 Å². The van der Waals surface area contributed by atoms with Gasteiger partial charge >= 0.3 is 0 Å². The summed E-state index contributed by atoms with van der Waals surface area (Å²) in [6.07, 6.45) is 0.428. The van der Waals surface area contributed by atoms with E-state index in [0.717, 1.165) is 0 Å². The predicted molar refractivity (Wildman–Crippen MR) is 105 cm³/mol. The van der Waals surface area contributed by atoms with Crippen molar-refractivity contribution in [3.05, 3.63) is 60.7 Å². The summed E-state index contributed by atoms with van der Waals surface area (Å²) in [6.45, 7) is 5.54. The van der Waals surface area contributed by atoms with Gasteiger partial charge in [-0.3, -0.25) is 14.4 Å². The van der Waals surface area contributed by atoms with E-state index in [1.54, 1.807) is 24.3 Å². The van der Waals surface area contributed by atoms with E-state index in [4.69, 9.17) is 0 Å². The van der Waals surface area contributed by atoms with Crippen LogP contribution in [0, 0.1) is 11.3 Å². The zero-order chi connectivity index (χ0) is 19.6. The van der Waals surface area contributed by atoms with Crippen LogP contribution in [0.15, 0.2) is 60.7 Å². The minimum absolute atomic E-state index is 0.0486. The molecule has 5 heteroatoms. The van der Waals surface area contributed by atoms with E-state index < -0.39 is 11.3 Å². The molecule has 0 spiro atoms. The van der Waals surface area contributed by atoms with Gasteiger partial charge in [0.05, 0.1) is 11.4 Å². The number of carbonyl (C=O) groups is 3. The Labute approximate surface area is 159 Å². The van der Waals surface area contributed by atoms with E-state index in [1.807, 2.05) is 57.2 Å². The number of hydrogen-bond acceptors (Lipinski definition) is 3. The molecular formula is C22H24N2O3. The average Bonchev–Trinajstić information content (AvgIpc) is 2.90. The smallest absolute Gasteiger partial charge is 0.258 e. The van der Waals surface area contributed by atoms with Crippen molar-refractivity contribution in [2.45, 2.75) is 33.6 Å². The molecule has 1 fully saturated rings. The minimum Gasteiger partial charge on any atom is -0.299 e. The number of hydrazine groups is 1. The first-order valence-corrected chi connectivity index (χ1v) is 9.12. The molecule has 0 unspecified atom stereocenters. The molecule has 0 radical (unpaired) electrons. The second-order valence-electron chi connectivity index (χ2n) is 7.74. The monoisotopic (exact) mass is 364 g/mol. The van der Waals surface area contributed by atoms with E-state index in [9.17, 15) is 14.4 Å². The fraction of sp³-hybridized carbons (Fsp3) is 0.318. The summed E-state index contributed by atoms with van der Waals surface area (Å²) >= 11 is 0. The fourth-order valence-corrected chi connectivity index (χ4v) is 3.12. The van der Waals surface area contributed by atoms with Gasteiger partial charge in [-0.25, -0.2) is 10.0 Å². The standard InChI is InChI=1S/C22H24N2O3/c1-22(2,3)19(25)15-14-18-20(26)23(16-10-6-4-7-11-16)24(21(18)27)17-12-8-5-9-13-17/h4-13,18H,14-15H2,1-3H3. The van der Waals surface area contributed by atoms with Gasteiger partial charge in [-0.05, 0) is 30.7 Å². The molecule has 1 heterocycles. The van der Waals surface area contributed by atoms with Crippen molar-refractivity contribution in [2.24, 2.45) is 11.3 Å². The fourth-order valence-electron chi connectivity index (χ4n) is 3.12. The lowest BCUT2D eigenvalue weighted by atomic mass is 9.86. The van der Waals surface area contributed by atoms with E-state index in [-0.39, 0.29) is 30.4 Å². The maximum atomic E-state index is 13.1. The third kappa shape index (κ3) is 3.77. The third-order valence-electron chi connectivity index (χ3n) is 4.71. The molecule has 2 amide bonds. The van der Waals surface area contributed by atoms with Crippen LogP contribution in [0.3, 0.4) is 0 Å². The van der Waals surface area contributed by atoms with Crippen molar-refractivity contribution in [1.29, 1.82) is 0 Å². The quantitative estimate of drug-likeness (QED) is 0.754. The molecule has 2 aromatic carbocycles. The zero-order valence-corrected chi connectivity index (χ0v) is 15.9. The second-order valence-corrected chi connectivity index (χ2v) is 7.74. The van der Waals surface area contributed by atoms with E-state index >= 15 is 0 Å². The summed E-state index contributed by atoms with van der Waals surface area (Å²) in [7, 11) is 0. The average molecular weight is 364 g/mol. The highest BCUT2D eigenvalue weighted by molar-refractivity contribution is 6.23. The van der Waals surface area contributed by atoms with Gasteiger partial charge in [0, 0.05) is 11.8 Å². The minimum atomic E-state index is -0.850. The Hall–Kier alpha value is -2.95. The Morgan fingerprint density at radius 3 is 1.59 bits per heavy atom. The van der Waals surface area contributed by atoms with Crippen LogP contribution in [0.25, 0.3) is 0 Å². The van der Waals surface area contributed by atoms with Gasteiger partial charge in [-0.1, -0.05) is 57.2 Å². The zero-order valence-electron chi connectivity index (χ0n) is 15.9. The van der Waals surface area contributed by atoms with Crippen molar-refractivity contribution in [1.82, 2.24) is 0 Å². The molecule has 0 atom stereocenters. The summed E-state index contributed by atoms with van der Waals surface area (Å²) in [4.78, 5) is 38.5. The molecular weight excluding hydrogens is 340 g/mol. The first kappa shape index (κ1) is 18.8. The van der Waals surface area contributed by atoms with Crippen LogP contribution in [0.1, 0.15) is 33.6 Å². The van der Waals surface area contributed by atoms with Gasteiger partial charge in [0.1, 0.15) is 11.7 Å². The van der Waals surface area contributed by atoms with Gasteiger partial charge in [0.15, 0.2) is 0 Å². The van der Waals surface area contributed by atoms with Crippen molar-refractivity contribution in [3.8, 4) is 0 Å². The highest BCUT2D eigenvalue weighted by Crippen LogP contribution is 2.34. The van der Waals surface area contributed by atoms with Gasteiger partial charge in [0.2, 0.25) is 0 Å². The predicted octanol–water partition coefficient (Wildman–Crippen LogP) is 3.99. The van der Waals surface area contributed by atoms with E-state index in [1.165, 1.54) is 10.0 Å². The van der Waals surface area contributed by atoms with E-state index in [0.29, 0.717) is 11.4 Å². The summed E-state index contributed by atoms with van der Waals surface area (Å²) in [5.74, 6) is -1.39. The molecule has 0 aromatic heterocycles. The van der Waals surface area contributed by atoms with Crippen molar-refractivity contribution < 1.29 is 14.4 Å². The lowest BCUT2D eigenvalue weighted by molar-refractivity contribution is -0.129. The lowest BCUT2D eigenvalue weighted by Crippen LogP contribution is -2.41. The van der Waals surface area contributed by atoms with Crippen molar-refractivity contribution >= 4 is 29.0 Å². The first-order valence-electron chi connectivity index (χ1n) is 9.12.